The number of fused-ring (bicyclic) bond motifs is 1. The van der Waals surface area contributed by atoms with Crippen molar-refractivity contribution in [2.45, 2.75) is 25.4 Å². The van der Waals surface area contributed by atoms with Gasteiger partial charge < -0.3 is 15.3 Å². The van der Waals surface area contributed by atoms with Crippen LogP contribution in [0.15, 0.2) is 48.5 Å². The first-order valence-corrected chi connectivity index (χ1v) is 8.44. The summed E-state index contributed by atoms with van der Waals surface area (Å²) in [7, 11) is 1.75. The molecule has 0 aromatic heterocycles. The smallest absolute Gasteiger partial charge is 0.251 e. The number of hydrogen-bond donors (Lipinski definition) is 2. The highest BCUT2D eigenvalue weighted by atomic mass is 16.3. The molecule has 3 rings (SSSR count). The summed E-state index contributed by atoms with van der Waals surface area (Å²) in [5, 5.41) is 12.9. The molecular formula is C20H22N2O3. The van der Waals surface area contributed by atoms with Crippen LogP contribution in [0.4, 0.5) is 5.69 Å². The molecule has 0 bridgehead atoms. The topological polar surface area (TPSA) is 69.6 Å². The van der Waals surface area contributed by atoms with Crippen LogP contribution >= 0.6 is 0 Å². The molecule has 0 aliphatic carbocycles. The van der Waals surface area contributed by atoms with E-state index in [4.69, 9.17) is 0 Å². The van der Waals surface area contributed by atoms with Crippen LogP contribution in [0, 0.1) is 0 Å². The number of nitrogens with zero attached hydrogens (tertiary/aromatic N) is 1. The highest BCUT2D eigenvalue weighted by molar-refractivity contribution is 5.98. The standard InChI is InChI=1S/C20H22N2O3/c1-22-18-9-7-16(12-15(18)8-10-19(22)24)20(25)21-13-17(23)11-14-5-3-2-4-6-14/h2-7,9,12,17,23H,8,10-11,13H2,1H3,(H,21,25). The molecule has 0 saturated carbocycles. The van der Waals surface area contributed by atoms with Crippen molar-refractivity contribution in [1.82, 2.24) is 5.32 Å². The van der Waals surface area contributed by atoms with Crippen molar-refractivity contribution >= 4 is 17.5 Å². The molecule has 0 fully saturated rings. The van der Waals surface area contributed by atoms with Crippen molar-refractivity contribution in [2.24, 2.45) is 0 Å². The van der Waals surface area contributed by atoms with Crippen LogP contribution in [-0.4, -0.2) is 36.6 Å². The molecule has 0 radical (unpaired) electrons. The van der Waals surface area contributed by atoms with Crippen LogP contribution in [0.1, 0.15) is 27.9 Å². The fourth-order valence-corrected chi connectivity index (χ4v) is 3.07. The van der Waals surface area contributed by atoms with E-state index in [9.17, 15) is 14.7 Å². The molecule has 0 saturated heterocycles. The number of hydrogen-bond acceptors (Lipinski definition) is 3. The van der Waals surface area contributed by atoms with Gasteiger partial charge in [-0.1, -0.05) is 30.3 Å². The van der Waals surface area contributed by atoms with Crippen LogP contribution in [0.3, 0.4) is 0 Å². The maximum absolute atomic E-state index is 12.3. The Morgan fingerprint density at radius 1 is 1.20 bits per heavy atom. The van der Waals surface area contributed by atoms with E-state index in [0.29, 0.717) is 24.8 Å². The van der Waals surface area contributed by atoms with Gasteiger partial charge in [-0.3, -0.25) is 9.59 Å². The van der Waals surface area contributed by atoms with Gasteiger partial charge in [0.05, 0.1) is 6.10 Å². The monoisotopic (exact) mass is 338 g/mol. The molecule has 5 nitrogen and oxygen atoms in total. The van der Waals surface area contributed by atoms with Gasteiger partial charge in [-0.25, -0.2) is 0 Å². The Kier molecular flexibility index (Phi) is 5.14. The van der Waals surface area contributed by atoms with E-state index < -0.39 is 6.10 Å². The minimum absolute atomic E-state index is 0.0914. The second-order valence-corrected chi connectivity index (χ2v) is 6.35. The van der Waals surface area contributed by atoms with Crippen molar-refractivity contribution < 1.29 is 14.7 Å². The number of carbonyl (C=O) groups is 2. The fraction of sp³-hybridized carbons (Fsp3) is 0.300. The van der Waals surface area contributed by atoms with E-state index in [1.807, 2.05) is 42.5 Å². The summed E-state index contributed by atoms with van der Waals surface area (Å²) in [5.74, 6) is -0.122. The summed E-state index contributed by atoms with van der Waals surface area (Å²) in [6.07, 6.45) is 0.978. The molecule has 2 N–H and O–H groups in total. The first-order chi connectivity index (χ1) is 12.0. The summed E-state index contributed by atoms with van der Waals surface area (Å²) in [4.78, 5) is 25.7. The second kappa shape index (κ2) is 7.49. The van der Waals surface area contributed by atoms with Gasteiger partial charge in [0.2, 0.25) is 5.91 Å². The van der Waals surface area contributed by atoms with Gasteiger partial charge in [0, 0.05) is 37.7 Å². The number of aliphatic hydroxyl groups is 1. The SMILES string of the molecule is CN1C(=O)CCc2cc(C(=O)NCC(O)Cc3ccccc3)ccc21. The highest BCUT2D eigenvalue weighted by Gasteiger charge is 2.21. The van der Waals surface area contributed by atoms with E-state index in [1.165, 1.54) is 0 Å². The zero-order chi connectivity index (χ0) is 17.8. The van der Waals surface area contributed by atoms with Gasteiger partial charge in [-0.2, -0.15) is 0 Å². The molecule has 25 heavy (non-hydrogen) atoms. The Balaban J connectivity index is 1.59. The Morgan fingerprint density at radius 3 is 2.72 bits per heavy atom. The number of aliphatic hydroxyl groups excluding tert-OH is 1. The maximum Gasteiger partial charge on any atom is 0.251 e. The first kappa shape index (κ1) is 17.2. The zero-order valence-electron chi connectivity index (χ0n) is 14.2. The minimum Gasteiger partial charge on any atom is -0.391 e. The average molecular weight is 338 g/mol. The van der Waals surface area contributed by atoms with Crippen molar-refractivity contribution in [3.05, 3.63) is 65.2 Å². The van der Waals surface area contributed by atoms with Crippen LogP contribution in [0.25, 0.3) is 0 Å². The van der Waals surface area contributed by atoms with Gasteiger partial charge in [0.15, 0.2) is 0 Å². The summed E-state index contributed by atoms with van der Waals surface area (Å²) in [5.41, 5.74) is 3.44. The quantitative estimate of drug-likeness (QED) is 0.875. The van der Waals surface area contributed by atoms with Crippen LogP contribution in [0.2, 0.25) is 0 Å². The van der Waals surface area contributed by atoms with Gasteiger partial charge >= 0.3 is 0 Å². The Hall–Kier alpha value is -2.66. The minimum atomic E-state index is -0.632. The van der Waals surface area contributed by atoms with Gasteiger partial charge in [-0.15, -0.1) is 0 Å². The first-order valence-electron chi connectivity index (χ1n) is 8.44. The largest absolute Gasteiger partial charge is 0.391 e. The lowest BCUT2D eigenvalue weighted by Crippen LogP contribution is -2.34. The summed E-state index contributed by atoms with van der Waals surface area (Å²) < 4.78 is 0. The molecule has 0 spiro atoms. The molecule has 2 amide bonds. The molecule has 1 atom stereocenters. The Labute approximate surface area is 147 Å². The van der Waals surface area contributed by atoms with E-state index in [2.05, 4.69) is 5.32 Å². The van der Waals surface area contributed by atoms with Crippen molar-refractivity contribution in [1.29, 1.82) is 0 Å². The number of aryl methyl sites for hydroxylation is 1. The van der Waals surface area contributed by atoms with E-state index in [0.717, 1.165) is 16.8 Å². The molecule has 1 unspecified atom stereocenters. The van der Waals surface area contributed by atoms with E-state index >= 15 is 0 Å². The molecule has 1 aliphatic heterocycles. The average Bonchev–Trinajstić information content (AvgIpc) is 2.63. The van der Waals surface area contributed by atoms with E-state index in [-0.39, 0.29) is 18.4 Å². The van der Waals surface area contributed by atoms with Gasteiger partial charge in [0.25, 0.3) is 5.91 Å². The second-order valence-electron chi connectivity index (χ2n) is 6.35. The molecule has 130 valence electrons. The number of benzene rings is 2. The summed E-state index contributed by atoms with van der Waals surface area (Å²) >= 11 is 0. The predicted molar refractivity (Wildman–Crippen MR) is 96.7 cm³/mol. The number of rotatable bonds is 5. The van der Waals surface area contributed by atoms with Crippen LogP contribution < -0.4 is 10.2 Å². The number of carbonyl (C=O) groups excluding carboxylic acids is 2. The number of amides is 2. The lowest BCUT2D eigenvalue weighted by Gasteiger charge is -2.26. The number of nitrogens with one attached hydrogen (secondary N) is 1. The molecule has 1 heterocycles. The highest BCUT2D eigenvalue weighted by Crippen LogP contribution is 2.27. The molecule has 1 aliphatic rings. The third-order valence-electron chi connectivity index (χ3n) is 4.50. The number of anilines is 1. The van der Waals surface area contributed by atoms with Crippen molar-refractivity contribution in [3.63, 3.8) is 0 Å². The van der Waals surface area contributed by atoms with Crippen LogP contribution in [-0.2, 0) is 17.6 Å². The summed E-state index contributed by atoms with van der Waals surface area (Å²) in [6.45, 7) is 0.198. The fourth-order valence-electron chi connectivity index (χ4n) is 3.07. The molecule has 2 aromatic rings. The molecule has 2 aromatic carbocycles. The lowest BCUT2D eigenvalue weighted by atomic mass is 9.99. The third-order valence-corrected chi connectivity index (χ3v) is 4.50. The Bertz CT molecular complexity index is 774. The van der Waals surface area contributed by atoms with Crippen molar-refractivity contribution in [3.8, 4) is 0 Å². The van der Waals surface area contributed by atoms with E-state index in [1.54, 1.807) is 18.0 Å². The molecular weight excluding hydrogens is 316 g/mol. The normalized spacial score (nSPS) is 14.8. The molecule has 5 heteroatoms. The Morgan fingerprint density at radius 2 is 1.96 bits per heavy atom. The van der Waals surface area contributed by atoms with Crippen molar-refractivity contribution in [2.75, 3.05) is 18.5 Å². The predicted octanol–water partition coefficient (Wildman–Crippen LogP) is 1.93. The van der Waals surface area contributed by atoms with Gasteiger partial charge in [-0.05, 0) is 35.7 Å². The lowest BCUT2D eigenvalue weighted by molar-refractivity contribution is -0.118. The van der Waals surface area contributed by atoms with Gasteiger partial charge in [0.1, 0.15) is 0 Å². The summed E-state index contributed by atoms with van der Waals surface area (Å²) in [6, 6.07) is 15.0. The van der Waals surface area contributed by atoms with Crippen LogP contribution in [0.5, 0.6) is 0 Å². The maximum atomic E-state index is 12.3. The zero-order valence-corrected chi connectivity index (χ0v) is 14.2. The third kappa shape index (κ3) is 4.06.